The molecule has 0 atom stereocenters. The van der Waals surface area contributed by atoms with Crippen molar-refractivity contribution in [3.05, 3.63) is 5.21 Å². The van der Waals surface area contributed by atoms with Crippen LogP contribution in [0.2, 0.25) is 0 Å². The molecule has 0 bridgehead atoms. The van der Waals surface area contributed by atoms with Gasteiger partial charge in [0.15, 0.2) is 0 Å². The monoisotopic (exact) mass is 343 g/mol. The summed E-state index contributed by atoms with van der Waals surface area (Å²) in [5.41, 5.74) is 0. The number of unbranched alkanes of at least 4 members (excludes halogenated alkanes) is 11. The van der Waals surface area contributed by atoms with Gasteiger partial charge in [0.05, 0.1) is 27.2 Å². The average molecular weight is 344 g/mol. The Morgan fingerprint density at radius 2 is 1.29 bits per heavy atom. The summed E-state index contributed by atoms with van der Waals surface area (Å²) in [6.45, 7) is 3.44. The number of hydrogen-bond acceptors (Lipinski definition) is 3. The van der Waals surface area contributed by atoms with Crippen molar-refractivity contribution in [2.24, 2.45) is 0 Å². The molecule has 0 saturated carbocycles. The minimum atomic E-state index is -0.247. The molecular formula is C20H41NO3. The Kier molecular flexibility index (Phi) is 15.5. The molecular weight excluding hydrogens is 302 g/mol. The van der Waals surface area contributed by atoms with E-state index in [1.165, 1.54) is 57.8 Å². The summed E-state index contributed by atoms with van der Waals surface area (Å²) in [7, 11) is 3.31. The van der Waals surface area contributed by atoms with Gasteiger partial charge in [0.2, 0.25) is 0 Å². The van der Waals surface area contributed by atoms with Gasteiger partial charge in [0.25, 0.3) is 0 Å². The molecule has 0 fully saturated rings. The third-order valence-electron chi connectivity index (χ3n) is 4.34. The fraction of sp³-hybridized carbons (Fsp3) is 0.950. The molecule has 0 heterocycles. The standard InChI is InChI=1S/C20H41NO3/c1-4-5-6-7-8-9-10-11-12-16-19-24-20(22)17-14-13-15-18-21(2,3)23/h4-19H2,1-3H3. The molecule has 0 saturated heterocycles. The Morgan fingerprint density at radius 1 is 0.792 bits per heavy atom. The number of esters is 1. The lowest BCUT2D eigenvalue weighted by atomic mass is 10.1. The maximum Gasteiger partial charge on any atom is 0.305 e. The molecule has 24 heavy (non-hydrogen) atoms. The molecule has 144 valence electrons. The largest absolute Gasteiger partial charge is 0.633 e. The van der Waals surface area contributed by atoms with Crippen molar-refractivity contribution in [1.82, 2.24) is 0 Å². The first-order valence-corrected chi connectivity index (χ1v) is 10.2. The third kappa shape index (κ3) is 19.4. The first-order valence-electron chi connectivity index (χ1n) is 10.2. The van der Waals surface area contributed by atoms with E-state index < -0.39 is 0 Å². The minimum absolute atomic E-state index is 0.0817. The van der Waals surface area contributed by atoms with Crippen LogP contribution in [0.25, 0.3) is 0 Å². The van der Waals surface area contributed by atoms with Crippen LogP contribution in [-0.4, -0.2) is 37.9 Å². The first-order chi connectivity index (χ1) is 11.5. The lowest BCUT2D eigenvalue weighted by Crippen LogP contribution is -2.32. The van der Waals surface area contributed by atoms with Crippen molar-refractivity contribution in [1.29, 1.82) is 0 Å². The van der Waals surface area contributed by atoms with Gasteiger partial charge in [-0.3, -0.25) is 4.79 Å². The molecule has 0 N–H and O–H groups in total. The molecule has 0 amide bonds. The van der Waals surface area contributed by atoms with Gasteiger partial charge in [-0.15, -0.1) is 0 Å². The van der Waals surface area contributed by atoms with Crippen molar-refractivity contribution < 1.29 is 14.2 Å². The Balaban J connectivity index is 3.21. The summed E-state index contributed by atoms with van der Waals surface area (Å²) in [6, 6.07) is 0. The van der Waals surface area contributed by atoms with Gasteiger partial charge in [-0.1, -0.05) is 64.7 Å². The van der Waals surface area contributed by atoms with Crippen LogP contribution in [0.4, 0.5) is 0 Å². The molecule has 4 nitrogen and oxygen atoms in total. The van der Waals surface area contributed by atoms with Gasteiger partial charge < -0.3 is 14.6 Å². The Morgan fingerprint density at radius 3 is 1.83 bits per heavy atom. The van der Waals surface area contributed by atoms with Crippen molar-refractivity contribution in [2.75, 3.05) is 27.2 Å². The maximum absolute atomic E-state index is 11.6. The zero-order chi connectivity index (χ0) is 18.1. The quantitative estimate of drug-likeness (QED) is 0.150. The zero-order valence-corrected chi connectivity index (χ0v) is 16.5. The Labute approximate surface area is 150 Å². The molecule has 0 aliphatic carbocycles. The highest BCUT2D eigenvalue weighted by atomic mass is 16.5. The average Bonchev–Trinajstić information content (AvgIpc) is 2.51. The van der Waals surface area contributed by atoms with Crippen molar-refractivity contribution in [3.8, 4) is 0 Å². The molecule has 0 aliphatic rings. The van der Waals surface area contributed by atoms with E-state index in [2.05, 4.69) is 6.92 Å². The van der Waals surface area contributed by atoms with Gasteiger partial charge in [-0.2, -0.15) is 0 Å². The maximum atomic E-state index is 11.6. The summed E-state index contributed by atoms with van der Waals surface area (Å²) in [4.78, 5) is 11.6. The van der Waals surface area contributed by atoms with Crippen molar-refractivity contribution in [2.45, 2.75) is 96.8 Å². The molecule has 0 rings (SSSR count). The van der Waals surface area contributed by atoms with Crippen molar-refractivity contribution in [3.63, 3.8) is 0 Å². The van der Waals surface area contributed by atoms with Crippen LogP contribution in [0.1, 0.15) is 96.8 Å². The van der Waals surface area contributed by atoms with E-state index in [0.29, 0.717) is 19.6 Å². The second-order valence-electron chi connectivity index (χ2n) is 7.51. The van der Waals surface area contributed by atoms with Crippen LogP contribution in [0.5, 0.6) is 0 Å². The molecule has 0 radical (unpaired) electrons. The van der Waals surface area contributed by atoms with E-state index >= 15 is 0 Å². The summed E-state index contributed by atoms with van der Waals surface area (Å²) in [5.74, 6) is -0.0817. The predicted molar refractivity (Wildman–Crippen MR) is 102 cm³/mol. The van der Waals surface area contributed by atoms with Crippen LogP contribution >= 0.6 is 0 Å². The van der Waals surface area contributed by atoms with E-state index in [-0.39, 0.29) is 10.6 Å². The van der Waals surface area contributed by atoms with Gasteiger partial charge in [-0.05, 0) is 25.7 Å². The highest BCUT2D eigenvalue weighted by Gasteiger charge is 2.04. The molecule has 0 aromatic heterocycles. The first kappa shape index (κ1) is 23.4. The van der Waals surface area contributed by atoms with E-state index in [1.807, 2.05) is 0 Å². The smallest absolute Gasteiger partial charge is 0.305 e. The van der Waals surface area contributed by atoms with Gasteiger partial charge in [0.1, 0.15) is 0 Å². The third-order valence-corrected chi connectivity index (χ3v) is 4.34. The van der Waals surface area contributed by atoms with Crippen LogP contribution in [0, 0.1) is 5.21 Å². The summed E-state index contributed by atoms with van der Waals surface area (Å²) in [6.07, 6.45) is 16.0. The van der Waals surface area contributed by atoms with E-state index in [4.69, 9.17) is 4.74 Å². The molecule has 0 unspecified atom stereocenters. The molecule has 0 aromatic carbocycles. The minimum Gasteiger partial charge on any atom is -0.633 e. The number of carbonyl (C=O) groups excluding carboxylic acids is 1. The van der Waals surface area contributed by atoms with E-state index in [0.717, 1.165) is 25.7 Å². The summed E-state index contributed by atoms with van der Waals surface area (Å²) < 4.78 is 5.01. The normalized spacial score (nSPS) is 11.7. The fourth-order valence-electron chi connectivity index (χ4n) is 2.79. The highest BCUT2D eigenvalue weighted by Crippen LogP contribution is 2.11. The number of hydroxylamine groups is 3. The van der Waals surface area contributed by atoms with Gasteiger partial charge in [-0.25, -0.2) is 0 Å². The number of ether oxygens (including phenoxy) is 1. The number of hydrogen-bond donors (Lipinski definition) is 0. The lowest BCUT2D eigenvalue weighted by Gasteiger charge is -2.33. The highest BCUT2D eigenvalue weighted by molar-refractivity contribution is 5.69. The zero-order valence-electron chi connectivity index (χ0n) is 16.5. The number of carbonyl (C=O) groups is 1. The second-order valence-corrected chi connectivity index (χ2v) is 7.51. The van der Waals surface area contributed by atoms with E-state index in [9.17, 15) is 10.0 Å². The number of nitrogens with zero attached hydrogens (tertiary/aromatic N) is 1. The second kappa shape index (κ2) is 15.9. The molecule has 4 heteroatoms. The Bertz CT molecular complexity index is 287. The number of quaternary nitrogens is 1. The van der Waals surface area contributed by atoms with Gasteiger partial charge >= 0.3 is 5.97 Å². The molecule has 0 aliphatic heterocycles. The lowest BCUT2D eigenvalue weighted by molar-refractivity contribution is -0.840. The van der Waals surface area contributed by atoms with Gasteiger partial charge in [0, 0.05) is 6.42 Å². The Hall–Kier alpha value is -0.610. The predicted octanol–water partition coefficient (Wildman–Crippen LogP) is 5.59. The van der Waals surface area contributed by atoms with Crippen LogP contribution in [-0.2, 0) is 9.53 Å². The number of rotatable bonds is 17. The summed E-state index contributed by atoms with van der Waals surface area (Å²) in [5, 5.41) is 11.4. The van der Waals surface area contributed by atoms with E-state index in [1.54, 1.807) is 14.1 Å². The SMILES string of the molecule is CCCCCCCCCCCCOC(=O)CCCCC[N+](C)(C)[O-]. The summed E-state index contributed by atoms with van der Waals surface area (Å²) >= 11 is 0. The fourth-order valence-corrected chi connectivity index (χ4v) is 2.79. The molecule has 0 aromatic rings. The molecule has 0 spiro atoms. The van der Waals surface area contributed by atoms with Crippen molar-refractivity contribution >= 4 is 5.97 Å². The topological polar surface area (TPSA) is 49.4 Å². The van der Waals surface area contributed by atoms with Crippen LogP contribution in [0.3, 0.4) is 0 Å². The van der Waals surface area contributed by atoms with Crippen LogP contribution in [0.15, 0.2) is 0 Å². The van der Waals surface area contributed by atoms with Crippen LogP contribution < -0.4 is 0 Å².